The molecule has 6 nitrogen and oxygen atoms in total. The van der Waals surface area contributed by atoms with Crippen LogP contribution in [0.4, 0.5) is 0 Å². The highest BCUT2D eigenvalue weighted by Crippen LogP contribution is 2.33. The molecule has 0 aliphatic heterocycles. The number of hydrogen-bond acceptors (Lipinski definition) is 4. The zero-order valence-electron chi connectivity index (χ0n) is 9.09. The standard InChI is InChI=1S/C10H7Br2N3O3/c1-18-9-3-8(5(11)2-6(9)12)15-4-7(10(16)17)13-14-15/h2-4H,1H3,(H,16,17). The van der Waals surface area contributed by atoms with Crippen LogP contribution in [0.1, 0.15) is 10.5 Å². The van der Waals surface area contributed by atoms with Crippen molar-refractivity contribution in [3.05, 3.63) is 33.0 Å². The van der Waals surface area contributed by atoms with Gasteiger partial charge in [0, 0.05) is 10.5 Å². The molecule has 0 saturated carbocycles. The van der Waals surface area contributed by atoms with Gasteiger partial charge in [0.1, 0.15) is 5.75 Å². The zero-order valence-corrected chi connectivity index (χ0v) is 12.3. The first kappa shape index (κ1) is 13.0. The first-order valence-corrected chi connectivity index (χ1v) is 6.30. The largest absolute Gasteiger partial charge is 0.495 e. The molecule has 0 saturated heterocycles. The van der Waals surface area contributed by atoms with E-state index in [2.05, 4.69) is 42.2 Å². The summed E-state index contributed by atoms with van der Waals surface area (Å²) in [5.41, 5.74) is 0.513. The second-order valence-corrected chi connectivity index (χ2v) is 5.00. The molecule has 0 radical (unpaired) electrons. The fourth-order valence-electron chi connectivity index (χ4n) is 1.33. The molecule has 0 amide bonds. The Kier molecular flexibility index (Phi) is 3.67. The summed E-state index contributed by atoms with van der Waals surface area (Å²) in [7, 11) is 1.54. The molecule has 0 fully saturated rings. The summed E-state index contributed by atoms with van der Waals surface area (Å²) < 4.78 is 8.04. The Labute approximate surface area is 119 Å². The molecule has 94 valence electrons. The lowest BCUT2D eigenvalue weighted by Crippen LogP contribution is -1.98. The van der Waals surface area contributed by atoms with E-state index in [0.717, 1.165) is 8.95 Å². The summed E-state index contributed by atoms with van der Waals surface area (Å²) in [4.78, 5) is 10.7. The van der Waals surface area contributed by atoms with Crippen molar-refractivity contribution in [2.24, 2.45) is 0 Å². The number of hydrogen-bond donors (Lipinski definition) is 1. The number of benzene rings is 1. The molecule has 2 rings (SSSR count). The Bertz CT molecular complexity index is 612. The van der Waals surface area contributed by atoms with Crippen LogP contribution in [0.15, 0.2) is 27.3 Å². The number of carbonyl (C=O) groups is 1. The lowest BCUT2D eigenvalue weighted by atomic mass is 10.3. The monoisotopic (exact) mass is 375 g/mol. The van der Waals surface area contributed by atoms with E-state index in [1.807, 2.05) is 0 Å². The van der Waals surface area contributed by atoms with Gasteiger partial charge in [-0.1, -0.05) is 5.21 Å². The molecular weight excluding hydrogens is 370 g/mol. The second-order valence-electron chi connectivity index (χ2n) is 3.29. The van der Waals surface area contributed by atoms with E-state index < -0.39 is 5.97 Å². The highest BCUT2D eigenvalue weighted by Gasteiger charge is 2.13. The number of aromatic nitrogens is 3. The molecule has 0 aliphatic carbocycles. The number of aromatic carboxylic acids is 1. The summed E-state index contributed by atoms with van der Waals surface area (Å²) in [6, 6.07) is 3.50. The minimum atomic E-state index is -1.12. The fourth-order valence-corrected chi connectivity index (χ4v) is 2.67. The van der Waals surface area contributed by atoms with Gasteiger partial charge < -0.3 is 9.84 Å². The Morgan fingerprint density at radius 2 is 2.11 bits per heavy atom. The van der Waals surface area contributed by atoms with Gasteiger partial charge in [-0.15, -0.1) is 5.10 Å². The summed E-state index contributed by atoms with van der Waals surface area (Å²) in [5, 5.41) is 16.1. The van der Waals surface area contributed by atoms with Crippen molar-refractivity contribution in [3.8, 4) is 11.4 Å². The number of rotatable bonds is 3. The summed E-state index contributed by atoms with van der Waals surface area (Å²) in [6.07, 6.45) is 1.33. The quantitative estimate of drug-likeness (QED) is 0.890. The molecule has 18 heavy (non-hydrogen) atoms. The molecule has 8 heteroatoms. The summed E-state index contributed by atoms with van der Waals surface area (Å²) >= 11 is 6.72. The Morgan fingerprint density at radius 3 is 2.67 bits per heavy atom. The van der Waals surface area contributed by atoms with Crippen molar-refractivity contribution in [2.75, 3.05) is 7.11 Å². The third-order valence-corrected chi connectivity index (χ3v) is 3.44. The number of methoxy groups -OCH3 is 1. The predicted molar refractivity (Wildman–Crippen MR) is 70.3 cm³/mol. The molecular formula is C10H7Br2N3O3. The molecule has 0 atom stereocenters. The predicted octanol–water partition coefficient (Wildman–Crippen LogP) is 2.50. The number of nitrogens with zero attached hydrogens (tertiary/aromatic N) is 3. The molecule has 0 spiro atoms. The maximum Gasteiger partial charge on any atom is 0.358 e. The molecule has 1 heterocycles. The van der Waals surface area contributed by atoms with Crippen LogP contribution in [0.5, 0.6) is 5.75 Å². The number of ether oxygens (including phenoxy) is 1. The van der Waals surface area contributed by atoms with Gasteiger partial charge in [-0.05, 0) is 37.9 Å². The van der Waals surface area contributed by atoms with E-state index in [4.69, 9.17) is 9.84 Å². The van der Waals surface area contributed by atoms with E-state index in [1.165, 1.54) is 10.9 Å². The Balaban J connectivity index is 2.52. The lowest BCUT2D eigenvalue weighted by Gasteiger charge is -2.08. The maximum absolute atomic E-state index is 10.7. The Hall–Kier alpha value is -1.41. The lowest BCUT2D eigenvalue weighted by molar-refractivity contribution is 0.0690. The molecule has 0 bridgehead atoms. The summed E-state index contributed by atoms with van der Waals surface area (Å²) in [6.45, 7) is 0. The van der Waals surface area contributed by atoms with Crippen molar-refractivity contribution in [1.29, 1.82) is 0 Å². The third kappa shape index (κ3) is 2.39. The first-order valence-electron chi connectivity index (χ1n) is 4.72. The first-order chi connectivity index (χ1) is 8.52. The topological polar surface area (TPSA) is 77.2 Å². The number of carboxylic acids is 1. The van der Waals surface area contributed by atoms with Gasteiger partial charge in [0.2, 0.25) is 0 Å². The fraction of sp³-hybridized carbons (Fsp3) is 0.100. The van der Waals surface area contributed by atoms with Crippen LogP contribution in [-0.4, -0.2) is 33.2 Å². The zero-order chi connectivity index (χ0) is 13.3. The number of carboxylic acid groups (broad SMARTS) is 1. The third-order valence-electron chi connectivity index (χ3n) is 2.18. The average Bonchev–Trinajstić information content (AvgIpc) is 2.78. The molecule has 0 unspecified atom stereocenters. The van der Waals surface area contributed by atoms with Gasteiger partial charge >= 0.3 is 5.97 Å². The van der Waals surface area contributed by atoms with E-state index in [-0.39, 0.29) is 5.69 Å². The van der Waals surface area contributed by atoms with E-state index in [9.17, 15) is 4.79 Å². The van der Waals surface area contributed by atoms with Crippen LogP contribution in [0.3, 0.4) is 0 Å². The van der Waals surface area contributed by atoms with Crippen LogP contribution in [-0.2, 0) is 0 Å². The van der Waals surface area contributed by atoms with Crippen LogP contribution >= 0.6 is 31.9 Å². The van der Waals surface area contributed by atoms with Crippen molar-refractivity contribution in [1.82, 2.24) is 15.0 Å². The normalized spacial score (nSPS) is 10.4. The van der Waals surface area contributed by atoms with E-state index in [1.54, 1.807) is 19.2 Å². The van der Waals surface area contributed by atoms with Crippen LogP contribution in [0.25, 0.3) is 5.69 Å². The van der Waals surface area contributed by atoms with E-state index in [0.29, 0.717) is 11.4 Å². The number of halogens is 2. The molecule has 1 aromatic carbocycles. The molecule has 1 N–H and O–H groups in total. The van der Waals surface area contributed by atoms with Crippen LogP contribution in [0.2, 0.25) is 0 Å². The van der Waals surface area contributed by atoms with Gasteiger partial charge in [-0.3, -0.25) is 0 Å². The van der Waals surface area contributed by atoms with Gasteiger partial charge in [0.25, 0.3) is 0 Å². The maximum atomic E-state index is 10.7. The minimum absolute atomic E-state index is 0.121. The minimum Gasteiger partial charge on any atom is -0.495 e. The van der Waals surface area contributed by atoms with Crippen molar-refractivity contribution in [3.63, 3.8) is 0 Å². The highest BCUT2D eigenvalue weighted by atomic mass is 79.9. The highest BCUT2D eigenvalue weighted by molar-refractivity contribution is 9.11. The van der Waals surface area contributed by atoms with Crippen molar-refractivity contribution in [2.45, 2.75) is 0 Å². The van der Waals surface area contributed by atoms with Crippen LogP contribution in [0, 0.1) is 0 Å². The van der Waals surface area contributed by atoms with Gasteiger partial charge in [-0.25, -0.2) is 9.48 Å². The molecule has 1 aromatic heterocycles. The van der Waals surface area contributed by atoms with Gasteiger partial charge in [-0.2, -0.15) is 0 Å². The van der Waals surface area contributed by atoms with Gasteiger partial charge in [0.05, 0.1) is 23.5 Å². The van der Waals surface area contributed by atoms with E-state index >= 15 is 0 Å². The molecule has 2 aromatic rings. The Morgan fingerprint density at radius 1 is 1.39 bits per heavy atom. The van der Waals surface area contributed by atoms with Crippen molar-refractivity contribution >= 4 is 37.8 Å². The van der Waals surface area contributed by atoms with Crippen LogP contribution < -0.4 is 4.74 Å². The smallest absolute Gasteiger partial charge is 0.358 e. The van der Waals surface area contributed by atoms with Gasteiger partial charge in [0.15, 0.2) is 5.69 Å². The SMILES string of the molecule is COc1cc(-n2cc(C(=O)O)nn2)c(Br)cc1Br. The average molecular weight is 377 g/mol. The summed E-state index contributed by atoms with van der Waals surface area (Å²) in [5.74, 6) is -0.512. The second kappa shape index (κ2) is 5.07. The molecule has 0 aliphatic rings. The van der Waals surface area contributed by atoms with Crippen molar-refractivity contribution < 1.29 is 14.6 Å².